The molecule has 0 saturated carbocycles. The van der Waals surface area contributed by atoms with Crippen molar-refractivity contribution in [2.75, 3.05) is 6.54 Å². The number of benzene rings is 1. The van der Waals surface area contributed by atoms with Gasteiger partial charge in [-0.1, -0.05) is 29.8 Å². The first-order valence-corrected chi connectivity index (χ1v) is 4.48. The van der Waals surface area contributed by atoms with Crippen molar-refractivity contribution >= 4 is 17.2 Å². The summed E-state index contributed by atoms with van der Waals surface area (Å²) in [6.45, 7) is 2.72. The smallest absolute Gasteiger partial charge is 0.0406 e. The third kappa shape index (κ3) is 3.19. The lowest BCUT2D eigenvalue weighted by molar-refractivity contribution is 0.824. The molecule has 0 spiro atoms. The van der Waals surface area contributed by atoms with Crippen molar-refractivity contribution in [3.8, 4) is 0 Å². The Labute approximate surface area is 83.4 Å². The Morgan fingerprint density at radius 2 is 2.08 bits per heavy atom. The topological polar surface area (TPSA) is 38.0 Å². The average molecular weight is 197 g/mol. The van der Waals surface area contributed by atoms with Gasteiger partial charge in [-0.25, -0.2) is 0 Å². The first-order chi connectivity index (χ1) is 6.24. The van der Waals surface area contributed by atoms with Crippen LogP contribution in [0.15, 0.2) is 30.3 Å². The molecule has 0 fully saturated rings. The summed E-state index contributed by atoms with van der Waals surface area (Å²) < 4.78 is 0. The summed E-state index contributed by atoms with van der Waals surface area (Å²) in [5.74, 6) is 5.16. The molecule has 1 rings (SSSR count). The molecule has 0 aliphatic rings. The SMILES string of the molecule is CC(=CCNN)c1ccc(Cl)cc1. The largest absolute Gasteiger partial charge is 0.271 e. The molecule has 0 aromatic heterocycles. The lowest BCUT2D eigenvalue weighted by atomic mass is 10.1. The fraction of sp³-hybridized carbons (Fsp3) is 0.200. The van der Waals surface area contributed by atoms with Gasteiger partial charge in [0, 0.05) is 11.6 Å². The van der Waals surface area contributed by atoms with Gasteiger partial charge in [-0.05, 0) is 30.2 Å². The van der Waals surface area contributed by atoms with Gasteiger partial charge in [-0.15, -0.1) is 0 Å². The lowest BCUT2D eigenvalue weighted by Crippen LogP contribution is -2.21. The minimum absolute atomic E-state index is 0.675. The van der Waals surface area contributed by atoms with E-state index in [0.29, 0.717) is 6.54 Å². The second kappa shape index (κ2) is 5.02. The third-order valence-electron chi connectivity index (χ3n) is 1.83. The molecule has 1 aromatic carbocycles. The van der Waals surface area contributed by atoms with Crippen LogP contribution in [0, 0.1) is 0 Å². The van der Waals surface area contributed by atoms with Gasteiger partial charge in [0.1, 0.15) is 0 Å². The maximum atomic E-state index is 5.77. The van der Waals surface area contributed by atoms with E-state index in [1.807, 2.05) is 37.3 Å². The van der Waals surface area contributed by atoms with Crippen LogP contribution in [0.5, 0.6) is 0 Å². The van der Waals surface area contributed by atoms with Crippen LogP contribution in [0.3, 0.4) is 0 Å². The number of hydrogen-bond acceptors (Lipinski definition) is 2. The number of hydrogen-bond donors (Lipinski definition) is 2. The highest BCUT2D eigenvalue weighted by molar-refractivity contribution is 6.30. The zero-order chi connectivity index (χ0) is 9.68. The molecule has 3 N–H and O–H groups in total. The molecular formula is C10H13ClN2. The minimum atomic E-state index is 0.675. The Kier molecular flexibility index (Phi) is 3.96. The van der Waals surface area contributed by atoms with Crippen molar-refractivity contribution < 1.29 is 0 Å². The minimum Gasteiger partial charge on any atom is -0.271 e. The fourth-order valence-electron chi connectivity index (χ4n) is 1.04. The van der Waals surface area contributed by atoms with E-state index in [4.69, 9.17) is 17.4 Å². The highest BCUT2D eigenvalue weighted by atomic mass is 35.5. The van der Waals surface area contributed by atoms with Crippen LogP contribution in [0.25, 0.3) is 5.57 Å². The molecule has 0 atom stereocenters. The average Bonchev–Trinajstić information content (AvgIpc) is 2.15. The number of allylic oxidation sites excluding steroid dienone is 1. The molecule has 2 nitrogen and oxygen atoms in total. The van der Waals surface area contributed by atoms with Gasteiger partial charge >= 0.3 is 0 Å². The predicted octanol–water partition coefficient (Wildman–Crippen LogP) is 2.21. The summed E-state index contributed by atoms with van der Waals surface area (Å²) in [6.07, 6.45) is 2.03. The molecule has 0 bridgehead atoms. The van der Waals surface area contributed by atoms with E-state index < -0.39 is 0 Å². The van der Waals surface area contributed by atoms with E-state index in [9.17, 15) is 0 Å². The van der Waals surface area contributed by atoms with Gasteiger partial charge in [-0.3, -0.25) is 11.3 Å². The maximum Gasteiger partial charge on any atom is 0.0406 e. The van der Waals surface area contributed by atoms with Gasteiger partial charge < -0.3 is 0 Å². The predicted molar refractivity (Wildman–Crippen MR) is 57.3 cm³/mol. The zero-order valence-corrected chi connectivity index (χ0v) is 8.31. The summed E-state index contributed by atoms with van der Waals surface area (Å²) in [5.41, 5.74) is 4.93. The number of nitrogens with two attached hydrogens (primary N) is 1. The van der Waals surface area contributed by atoms with Crippen LogP contribution < -0.4 is 11.3 Å². The van der Waals surface area contributed by atoms with E-state index in [1.54, 1.807) is 0 Å². The zero-order valence-electron chi connectivity index (χ0n) is 7.55. The normalized spacial score (nSPS) is 11.8. The van der Waals surface area contributed by atoms with Crippen molar-refractivity contribution in [3.63, 3.8) is 0 Å². The number of halogens is 1. The molecule has 0 aliphatic heterocycles. The number of hydrazine groups is 1. The van der Waals surface area contributed by atoms with E-state index >= 15 is 0 Å². The fourth-order valence-corrected chi connectivity index (χ4v) is 1.17. The van der Waals surface area contributed by atoms with Crippen LogP contribution in [-0.4, -0.2) is 6.54 Å². The molecule has 0 aliphatic carbocycles. The Hall–Kier alpha value is -0.830. The molecule has 0 unspecified atom stereocenters. The van der Waals surface area contributed by atoms with Gasteiger partial charge in [-0.2, -0.15) is 0 Å². The highest BCUT2D eigenvalue weighted by Gasteiger charge is 1.94. The lowest BCUT2D eigenvalue weighted by Gasteiger charge is -2.01. The van der Waals surface area contributed by atoms with Crippen molar-refractivity contribution in [2.45, 2.75) is 6.92 Å². The van der Waals surface area contributed by atoms with Crippen LogP contribution >= 0.6 is 11.6 Å². The first kappa shape index (κ1) is 10.3. The van der Waals surface area contributed by atoms with Gasteiger partial charge in [0.2, 0.25) is 0 Å². The van der Waals surface area contributed by atoms with E-state index in [1.165, 1.54) is 11.1 Å². The molecule has 0 saturated heterocycles. The molecule has 13 heavy (non-hydrogen) atoms. The third-order valence-corrected chi connectivity index (χ3v) is 2.08. The quantitative estimate of drug-likeness (QED) is 0.575. The van der Waals surface area contributed by atoms with Gasteiger partial charge in [0.15, 0.2) is 0 Å². The molecule has 1 aromatic rings. The number of nitrogens with one attached hydrogen (secondary N) is 1. The van der Waals surface area contributed by atoms with Crippen LogP contribution in [0.1, 0.15) is 12.5 Å². The summed E-state index contributed by atoms with van der Waals surface area (Å²) >= 11 is 5.77. The van der Waals surface area contributed by atoms with Crippen LogP contribution in [-0.2, 0) is 0 Å². The van der Waals surface area contributed by atoms with Crippen molar-refractivity contribution in [2.24, 2.45) is 5.84 Å². The Bertz CT molecular complexity index is 290. The van der Waals surface area contributed by atoms with Gasteiger partial charge in [0.25, 0.3) is 0 Å². The first-order valence-electron chi connectivity index (χ1n) is 4.10. The molecule has 3 heteroatoms. The maximum absolute atomic E-state index is 5.77. The standard InChI is InChI=1S/C10H13ClN2/c1-8(6-7-13-12)9-2-4-10(11)5-3-9/h2-6,13H,7,12H2,1H3. The van der Waals surface area contributed by atoms with Crippen molar-refractivity contribution in [1.82, 2.24) is 5.43 Å². The molecular weight excluding hydrogens is 184 g/mol. The second-order valence-electron chi connectivity index (χ2n) is 2.80. The van der Waals surface area contributed by atoms with Crippen LogP contribution in [0.4, 0.5) is 0 Å². The summed E-state index contributed by atoms with van der Waals surface area (Å²) in [7, 11) is 0. The van der Waals surface area contributed by atoms with Crippen molar-refractivity contribution in [3.05, 3.63) is 40.9 Å². The molecule has 70 valence electrons. The Balaban J connectivity index is 2.77. The molecule has 0 radical (unpaired) electrons. The van der Waals surface area contributed by atoms with E-state index in [0.717, 1.165) is 5.02 Å². The van der Waals surface area contributed by atoms with E-state index in [2.05, 4.69) is 5.43 Å². The molecule has 0 heterocycles. The summed E-state index contributed by atoms with van der Waals surface area (Å²) in [4.78, 5) is 0. The van der Waals surface area contributed by atoms with E-state index in [-0.39, 0.29) is 0 Å². The summed E-state index contributed by atoms with van der Waals surface area (Å²) in [5, 5.41) is 0.758. The van der Waals surface area contributed by atoms with Gasteiger partial charge in [0.05, 0.1) is 0 Å². The van der Waals surface area contributed by atoms with Crippen LogP contribution in [0.2, 0.25) is 5.02 Å². The Morgan fingerprint density at radius 1 is 1.46 bits per heavy atom. The second-order valence-corrected chi connectivity index (χ2v) is 3.24. The summed E-state index contributed by atoms with van der Waals surface area (Å²) in [6, 6.07) is 7.74. The number of rotatable bonds is 3. The van der Waals surface area contributed by atoms with Crippen molar-refractivity contribution in [1.29, 1.82) is 0 Å². The monoisotopic (exact) mass is 196 g/mol. The highest BCUT2D eigenvalue weighted by Crippen LogP contribution is 2.16. The molecule has 0 amide bonds. The Morgan fingerprint density at radius 3 is 2.62 bits per heavy atom.